The predicted molar refractivity (Wildman–Crippen MR) is 130 cm³/mol. The van der Waals surface area contributed by atoms with Crippen molar-refractivity contribution in [3.05, 3.63) is 53.1 Å². The topological polar surface area (TPSA) is 85.9 Å². The maximum absolute atomic E-state index is 15.2. The molecule has 5 heterocycles. The lowest BCUT2D eigenvalue weighted by Gasteiger charge is -2.33. The van der Waals surface area contributed by atoms with E-state index in [9.17, 15) is 0 Å². The normalized spacial score (nSPS) is 16.7. The Labute approximate surface area is 197 Å². The van der Waals surface area contributed by atoms with Gasteiger partial charge in [-0.3, -0.25) is 5.10 Å². The lowest BCUT2D eigenvalue weighted by atomic mass is 9.92. The number of rotatable bonds is 3. The van der Waals surface area contributed by atoms with Crippen LogP contribution in [0.1, 0.15) is 16.7 Å². The van der Waals surface area contributed by atoms with Crippen LogP contribution in [0, 0.1) is 12.7 Å². The van der Waals surface area contributed by atoms with Gasteiger partial charge in [-0.2, -0.15) is 5.10 Å². The highest BCUT2D eigenvalue weighted by molar-refractivity contribution is 5.90. The van der Waals surface area contributed by atoms with Gasteiger partial charge in [0.15, 0.2) is 5.82 Å². The summed E-state index contributed by atoms with van der Waals surface area (Å²) < 4.78 is 15.2. The van der Waals surface area contributed by atoms with Crippen LogP contribution in [0.3, 0.4) is 0 Å². The standard InChI is InChI=1S/C25H27FN8/c1-15-18-13-27-6-5-16(18)11-19(26)22(15)25-29-14-20-24(30-25)23(32-31-20)17-3-4-21(28-12-17)34-9-7-33(2)8-10-34/h3-4,11-12,14,27H,5-10,13H2,1-2H3,(H,31,32). The molecule has 0 saturated carbocycles. The lowest BCUT2D eigenvalue weighted by molar-refractivity contribution is 0.312. The number of halogens is 1. The molecule has 0 radical (unpaired) electrons. The van der Waals surface area contributed by atoms with Gasteiger partial charge < -0.3 is 15.1 Å². The van der Waals surface area contributed by atoms with Crippen molar-refractivity contribution in [3.63, 3.8) is 0 Å². The van der Waals surface area contributed by atoms with Gasteiger partial charge in [-0.15, -0.1) is 0 Å². The molecule has 0 aliphatic carbocycles. The van der Waals surface area contributed by atoms with E-state index < -0.39 is 0 Å². The van der Waals surface area contributed by atoms with Crippen molar-refractivity contribution in [1.29, 1.82) is 0 Å². The minimum absolute atomic E-state index is 0.277. The van der Waals surface area contributed by atoms with Crippen LogP contribution in [0.2, 0.25) is 0 Å². The number of anilines is 1. The summed E-state index contributed by atoms with van der Waals surface area (Å²) in [6, 6.07) is 5.70. The van der Waals surface area contributed by atoms with Crippen LogP contribution in [0.15, 0.2) is 30.6 Å². The second kappa shape index (κ2) is 8.41. The molecule has 0 unspecified atom stereocenters. The quantitative estimate of drug-likeness (QED) is 0.488. The molecule has 8 nitrogen and oxygen atoms in total. The van der Waals surface area contributed by atoms with Gasteiger partial charge in [0, 0.05) is 44.5 Å². The van der Waals surface area contributed by atoms with Crippen LogP contribution in [0.25, 0.3) is 33.7 Å². The van der Waals surface area contributed by atoms with Crippen molar-refractivity contribution < 1.29 is 4.39 Å². The monoisotopic (exact) mass is 458 g/mol. The molecule has 1 saturated heterocycles. The molecule has 9 heteroatoms. The second-order valence-corrected chi connectivity index (χ2v) is 9.15. The van der Waals surface area contributed by atoms with E-state index in [1.165, 1.54) is 0 Å². The van der Waals surface area contributed by atoms with Crippen molar-refractivity contribution in [3.8, 4) is 22.6 Å². The highest BCUT2D eigenvalue weighted by Crippen LogP contribution is 2.33. The Kier molecular flexibility index (Phi) is 5.23. The number of nitrogens with one attached hydrogen (secondary N) is 2. The number of hydrogen-bond acceptors (Lipinski definition) is 7. The van der Waals surface area contributed by atoms with E-state index >= 15 is 4.39 Å². The van der Waals surface area contributed by atoms with Crippen LogP contribution < -0.4 is 10.2 Å². The summed E-state index contributed by atoms with van der Waals surface area (Å²) in [7, 11) is 2.14. The van der Waals surface area contributed by atoms with E-state index in [0.717, 1.165) is 73.8 Å². The molecule has 2 N–H and O–H groups in total. The third kappa shape index (κ3) is 3.61. The molecule has 174 valence electrons. The number of likely N-dealkylation sites (N-methyl/N-ethyl adjacent to an activating group) is 1. The molecule has 0 bridgehead atoms. The summed E-state index contributed by atoms with van der Waals surface area (Å²) >= 11 is 0. The van der Waals surface area contributed by atoms with Crippen LogP contribution >= 0.6 is 0 Å². The molecule has 1 fully saturated rings. The summed E-state index contributed by atoms with van der Waals surface area (Å²) in [5.74, 6) is 1.06. The minimum atomic E-state index is -0.277. The van der Waals surface area contributed by atoms with E-state index in [1.807, 2.05) is 25.3 Å². The van der Waals surface area contributed by atoms with E-state index in [0.29, 0.717) is 28.1 Å². The first-order valence-corrected chi connectivity index (χ1v) is 11.7. The molecule has 0 atom stereocenters. The molecule has 2 aliphatic heterocycles. The van der Waals surface area contributed by atoms with E-state index in [2.05, 4.69) is 37.3 Å². The zero-order valence-electron chi connectivity index (χ0n) is 19.4. The van der Waals surface area contributed by atoms with Crippen LogP contribution in [0.4, 0.5) is 10.2 Å². The number of pyridine rings is 1. The Morgan fingerprint density at radius 1 is 1.06 bits per heavy atom. The Hall–Kier alpha value is -3.43. The third-order valence-corrected chi connectivity index (χ3v) is 7.00. The van der Waals surface area contributed by atoms with E-state index in [4.69, 9.17) is 9.97 Å². The van der Waals surface area contributed by atoms with E-state index in [1.54, 1.807) is 12.3 Å². The minimum Gasteiger partial charge on any atom is -0.354 e. The molecule has 0 amide bonds. The molecule has 2 aliphatic rings. The zero-order valence-corrected chi connectivity index (χ0v) is 19.4. The van der Waals surface area contributed by atoms with Crippen LogP contribution in [-0.4, -0.2) is 69.8 Å². The highest BCUT2D eigenvalue weighted by atomic mass is 19.1. The maximum atomic E-state index is 15.2. The number of benzene rings is 1. The van der Waals surface area contributed by atoms with Gasteiger partial charge in [0.25, 0.3) is 0 Å². The first kappa shape index (κ1) is 21.1. The van der Waals surface area contributed by atoms with Gasteiger partial charge in [0.1, 0.15) is 28.4 Å². The molecule has 4 aromatic rings. The van der Waals surface area contributed by atoms with Gasteiger partial charge in [-0.1, -0.05) is 0 Å². The van der Waals surface area contributed by atoms with Gasteiger partial charge in [0.2, 0.25) is 0 Å². The molecular formula is C25H27FN8. The largest absolute Gasteiger partial charge is 0.354 e. The van der Waals surface area contributed by atoms with Crippen LogP contribution in [0.5, 0.6) is 0 Å². The van der Waals surface area contributed by atoms with Crippen molar-refractivity contribution >= 4 is 16.9 Å². The van der Waals surface area contributed by atoms with Gasteiger partial charge >= 0.3 is 0 Å². The predicted octanol–water partition coefficient (Wildman–Crippen LogP) is 2.93. The second-order valence-electron chi connectivity index (χ2n) is 9.15. The Balaban J connectivity index is 1.37. The number of nitrogens with zero attached hydrogens (tertiary/aromatic N) is 6. The Morgan fingerprint density at radius 3 is 2.71 bits per heavy atom. The van der Waals surface area contributed by atoms with Crippen molar-refractivity contribution in [2.45, 2.75) is 19.9 Å². The number of aromatic nitrogens is 5. The molecule has 6 rings (SSSR count). The van der Waals surface area contributed by atoms with Gasteiger partial charge in [-0.25, -0.2) is 19.3 Å². The average molecular weight is 459 g/mol. The molecule has 3 aromatic heterocycles. The maximum Gasteiger partial charge on any atom is 0.163 e. The van der Waals surface area contributed by atoms with Crippen molar-refractivity contribution in [1.82, 2.24) is 35.4 Å². The first-order chi connectivity index (χ1) is 16.6. The zero-order chi connectivity index (χ0) is 23.2. The summed E-state index contributed by atoms with van der Waals surface area (Å²) in [5.41, 5.74) is 6.48. The fourth-order valence-corrected chi connectivity index (χ4v) is 4.95. The molecular weight excluding hydrogens is 431 g/mol. The molecule has 1 aromatic carbocycles. The number of H-pyrrole nitrogens is 1. The van der Waals surface area contributed by atoms with Gasteiger partial charge in [-0.05, 0) is 61.8 Å². The summed E-state index contributed by atoms with van der Waals surface area (Å²) in [5, 5.41) is 10.9. The fraction of sp³-hybridized carbons (Fsp3) is 0.360. The Morgan fingerprint density at radius 2 is 1.91 bits per heavy atom. The number of piperazine rings is 1. The van der Waals surface area contributed by atoms with Gasteiger partial charge in [0.05, 0.1) is 11.8 Å². The van der Waals surface area contributed by atoms with E-state index in [-0.39, 0.29) is 5.82 Å². The van der Waals surface area contributed by atoms with Crippen LogP contribution in [-0.2, 0) is 13.0 Å². The SMILES string of the molecule is Cc1c2c(cc(F)c1-c1ncc3[nH]nc(-c4ccc(N5CCN(C)CC5)nc4)c3n1)CCNC2. The third-order valence-electron chi connectivity index (χ3n) is 7.00. The molecule has 0 spiro atoms. The summed E-state index contributed by atoms with van der Waals surface area (Å²) in [6.07, 6.45) is 4.34. The summed E-state index contributed by atoms with van der Waals surface area (Å²) in [4.78, 5) is 18.5. The van der Waals surface area contributed by atoms with Crippen molar-refractivity contribution in [2.24, 2.45) is 0 Å². The smallest absolute Gasteiger partial charge is 0.163 e. The highest BCUT2D eigenvalue weighted by Gasteiger charge is 2.22. The summed E-state index contributed by atoms with van der Waals surface area (Å²) in [6.45, 7) is 7.55. The number of hydrogen-bond donors (Lipinski definition) is 2. The Bertz CT molecular complexity index is 1360. The van der Waals surface area contributed by atoms with Crippen molar-refractivity contribution in [2.75, 3.05) is 44.7 Å². The lowest BCUT2D eigenvalue weighted by Crippen LogP contribution is -2.44. The molecule has 34 heavy (non-hydrogen) atoms. The average Bonchev–Trinajstić information content (AvgIpc) is 3.28. The fourth-order valence-electron chi connectivity index (χ4n) is 4.95. The number of fused-ring (bicyclic) bond motifs is 2. The first-order valence-electron chi connectivity index (χ1n) is 11.7. The number of aromatic amines is 1.